The summed E-state index contributed by atoms with van der Waals surface area (Å²) in [6.45, 7) is 1.29. The van der Waals surface area contributed by atoms with Crippen molar-refractivity contribution in [3.8, 4) is 5.88 Å². The van der Waals surface area contributed by atoms with Gasteiger partial charge < -0.3 is 9.64 Å². The molecular weight excluding hydrogens is 338 g/mol. The Morgan fingerprint density at radius 2 is 1.67 bits per heavy atom. The van der Waals surface area contributed by atoms with Gasteiger partial charge in [-0.15, -0.1) is 5.10 Å². The maximum Gasteiger partial charge on any atom is 0.279 e. The van der Waals surface area contributed by atoms with Crippen LogP contribution >= 0.6 is 0 Å². The molecule has 27 heavy (non-hydrogen) atoms. The largest absolute Gasteiger partial charge is 0.475 e. The Morgan fingerprint density at radius 3 is 2.48 bits per heavy atom. The van der Waals surface area contributed by atoms with E-state index in [2.05, 4.69) is 5.10 Å². The van der Waals surface area contributed by atoms with Crippen molar-refractivity contribution < 1.29 is 9.53 Å². The topological polar surface area (TPSA) is 47.4 Å². The maximum atomic E-state index is 13.3. The summed E-state index contributed by atoms with van der Waals surface area (Å²) >= 11 is 0. The minimum absolute atomic E-state index is 0.162. The molecule has 0 spiro atoms. The van der Waals surface area contributed by atoms with Crippen LogP contribution in [0.5, 0.6) is 5.88 Å². The molecule has 3 aromatic carbocycles. The summed E-state index contributed by atoms with van der Waals surface area (Å²) in [5.74, 6) is 0.325. The lowest BCUT2D eigenvalue weighted by Gasteiger charge is -2.09. The van der Waals surface area contributed by atoms with Crippen LogP contribution in [0.2, 0.25) is 0 Å². The number of nitrogens with zero attached hydrogens (tertiary/aromatic N) is 3. The molecule has 0 aliphatic heterocycles. The van der Waals surface area contributed by atoms with Crippen LogP contribution in [-0.4, -0.2) is 47.8 Å². The van der Waals surface area contributed by atoms with Crippen molar-refractivity contribution in [3.63, 3.8) is 0 Å². The zero-order valence-corrected chi connectivity index (χ0v) is 15.4. The van der Waals surface area contributed by atoms with E-state index in [1.807, 2.05) is 85.7 Å². The van der Waals surface area contributed by atoms with Gasteiger partial charge in [-0.05, 0) is 43.1 Å². The van der Waals surface area contributed by atoms with Crippen molar-refractivity contribution in [1.29, 1.82) is 0 Å². The first-order valence-corrected chi connectivity index (χ1v) is 8.93. The lowest BCUT2D eigenvalue weighted by Crippen LogP contribution is -2.20. The summed E-state index contributed by atoms with van der Waals surface area (Å²) < 4.78 is 7.30. The van der Waals surface area contributed by atoms with Crippen LogP contribution in [0.15, 0.2) is 66.7 Å². The van der Waals surface area contributed by atoms with E-state index >= 15 is 0 Å². The number of ether oxygens (including phenoxy) is 1. The Hall–Kier alpha value is -3.18. The number of aromatic nitrogens is 2. The molecule has 0 fully saturated rings. The fourth-order valence-electron chi connectivity index (χ4n) is 3.15. The number of hydrogen-bond acceptors (Lipinski definition) is 4. The molecule has 136 valence electrons. The van der Waals surface area contributed by atoms with Crippen LogP contribution in [0.1, 0.15) is 10.4 Å². The predicted octanol–water partition coefficient (Wildman–Crippen LogP) is 3.82. The molecule has 1 aromatic heterocycles. The molecule has 0 N–H and O–H groups in total. The van der Waals surface area contributed by atoms with E-state index in [0.717, 1.165) is 28.2 Å². The van der Waals surface area contributed by atoms with Crippen LogP contribution in [0, 0.1) is 0 Å². The van der Waals surface area contributed by atoms with Crippen molar-refractivity contribution in [2.24, 2.45) is 0 Å². The first kappa shape index (κ1) is 17.2. The molecule has 5 nitrogen and oxygen atoms in total. The SMILES string of the molecule is CN(C)CCOc1nn(C(=O)c2cccc3ccccc23)c2ccccc12. The van der Waals surface area contributed by atoms with Gasteiger partial charge in [-0.25, -0.2) is 0 Å². The maximum absolute atomic E-state index is 13.3. The van der Waals surface area contributed by atoms with Crippen molar-refractivity contribution in [2.45, 2.75) is 0 Å². The third-order valence-electron chi connectivity index (χ3n) is 4.54. The summed E-state index contributed by atoms with van der Waals surface area (Å²) in [6.07, 6.45) is 0. The molecule has 0 unspecified atom stereocenters. The number of likely N-dealkylation sites (N-methyl/N-ethyl adjacent to an activating group) is 1. The highest BCUT2D eigenvalue weighted by molar-refractivity contribution is 6.10. The Balaban J connectivity index is 1.78. The molecule has 4 aromatic rings. The van der Waals surface area contributed by atoms with Crippen LogP contribution in [-0.2, 0) is 0 Å². The second kappa shape index (κ2) is 7.21. The van der Waals surface area contributed by atoms with Gasteiger partial charge in [0, 0.05) is 12.1 Å². The number of rotatable bonds is 5. The predicted molar refractivity (Wildman–Crippen MR) is 107 cm³/mol. The Bertz CT molecular complexity index is 1110. The highest BCUT2D eigenvalue weighted by atomic mass is 16.5. The molecule has 5 heteroatoms. The lowest BCUT2D eigenvalue weighted by molar-refractivity contribution is 0.0949. The Kier molecular flexibility index (Phi) is 4.60. The van der Waals surface area contributed by atoms with Gasteiger partial charge in [0.2, 0.25) is 5.88 Å². The number of benzene rings is 3. The van der Waals surface area contributed by atoms with E-state index in [1.165, 1.54) is 4.68 Å². The number of carbonyl (C=O) groups is 1. The fourth-order valence-corrected chi connectivity index (χ4v) is 3.15. The van der Waals surface area contributed by atoms with Crippen LogP contribution in [0.3, 0.4) is 0 Å². The van der Waals surface area contributed by atoms with Crippen LogP contribution in [0.25, 0.3) is 21.7 Å². The molecule has 0 radical (unpaired) electrons. The van der Waals surface area contributed by atoms with Crippen molar-refractivity contribution in [1.82, 2.24) is 14.7 Å². The zero-order valence-electron chi connectivity index (χ0n) is 15.4. The Labute approximate surface area is 157 Å². The van der Waals surface area contributed by atoms with E-state index in [0.29, 0.717) is 18.1 Å². The van der Waals surface area contributed by atoms with Crippen LogP contribution < -0.4 is 4.74 Å². The van der Waals surface area contributed by atoms with Gasteiger partial charge in [-0.3, -0.25) is 4.79 Å². The molecular formula is C22H21N3O2. The normalized spacial score (nSPS) is 11.4. The first-order chi connectivity index (χ1) is 13.1. The summed E-state index contributed by atoms with van der Waals surface area (Å²) in [7, 11) is 3.98. The average Bonchev–Trinajstić information content (AvgIpc) is 3.06. The van der Waals surface area contributed by atoms with Crippen molar-refractivity contribution >= 4 is 27.6 Å². The molecule has 0 bridgehead atoms. The minimum atomic E-state index is -0.162. The first-order valence-electron chi connectivity index (χ1n) is 8.93. The van der Waals surface area contributed by atoms with Gasteiger partial charge in [0.1, 0.15) is 6.61 Å². The Morgan fingerprint density at radius 1 is 0.963 bits per heavy atom. The highest BCUT2D eigenvalue weighted by Crippen LogP contribution is 2.27. The smallest absolute Gasteiger partial charge is 0.279 e. The third-order valence-corrected chi connectivity index (χ3v) is 4.54. The average molecular weight is 359 g/mol. The quantitative estimate of drug-likeness (QED) is 0.543. The molecule has 0 amide bonds. The zero-order chi connectivity index (χ0) is 18.8. The van der Waals surface area contributed by atoms with E-state index < -0.39 is 0 Å². The number of carbonyl (C=O) groups excluding carboxylic acids is 1. The number of para-hydroxylation sites is 1. The van der Waals surface area contributed by atoms with Gasteiger partial charge in [-0.1, -0.05) is 48.5 Å². The monoisotopic (exact) mass is 359 g/mol. The van der Waals surface area contributed by atoms with Gasteiger partial charge in [0.25, 0.3) is 5.91 Å². The molecule has 0 saturated carbocycles. The molecule has 0 aliphatic rings. The van der Waals surface area contributed by atoms with E-state index in [1.54, 1.807) is 0 Å². The summed E-state index contributed by atoms with van der Waals surface area (Å²) in [5, 5.41) is 7.28. The van der Waals surface area contributed by atoms with Gasteiger partial charge in [-0.2, -0.15) is 4.68 Å². The molecule has 1 heterocycles. The minimum Gasteiger partial charge on any atom is -0.475 e. The summed E-state index contributed by atoms with van der Waals surface area (Å²) in [4.78, 5) is 15.3. The van der Waals surface area contributed by atoms with Crippen LogP contribution in [0.4, 0.5) is 0 Å². The van der Waals surface area contributed by atoms with Crippen molar-refractivity contribution in [3.05, 3.63) is 72.3 Å². The summed E-state index contributed by atoms with van der Waals surface area (Å²) in [6, 6.07) is 21.3. The van der Waals surface area contributed by atoms with Crippen molar-refractivity contribution in [2.75, 3.05) is 27.2 Å². The number of fused-ring (bicyclic) bond motifs is 2. The molecule has 0 atom stereocenters. The van der Waals surface area contributed by atoms with Gasteiger partial charge >= 0.3 is 0 Å². The van der Waals surface area contributed by atoms with Gasteiger partial charge in [0.15, 0.2) is 0 Å². The fraction of sp³-hybridized carbons (Fsp3) is 0.182. The second-order valence-corrected chi connectivity index (χ2v) is 6.72. The lowest BCUT2D eigenvalue weighted by atomic mass is 10.0. The second-order valence-electron chi connectivity index (χ2n) is 6.72. The van der Waals surface area contributed by atoms with E-state index in [4.69, 9.17) is 4.74 Å². The number of hydrogen-bond donors (Lipinski definition) is 0. The van der Waals surface area contributed by atoms with E-state index in [-0.39, 0.29) is 5.91 Å². The highest BCUT2D eigenvalue weighted by Gasteiger charge is 2.19. The van der Waals surface area contributed by atoms with E-state index in [9.17, 15) is 4.79 Å². The molecule has 0 aliphatic carbocycles. The summed E-state index contributed by atoms with van der Waals surface area (Å²) in [5.41, 5.74) is 1.37. The molecule has 4 rings (SSSR count). The van der Waals surface area contributed by atoms with Gasteiger partial charge in [0.05, 0.1) is 10.9 Å². The third kappa shape index (κ3) is 3.29. The molecule has 0 saturated heterocycles. The standard InChI is InChI=1S/C22H21N3O2/c1-24(2)14-15-27-21-19-11-5-6-13-20(19)25(23-21)22(26)18-12-7-9-16-8-3-4-10-17(16)18/h3-13H,14-15H2,1-2H3.